The summed E-state index contributed by atoms with van der Waals surface area (Å²) in [6.45, 7) is 5.51. The molecule has 0 aliphatic rings. The number of hydrogen-bond donors (Lipinski definition) is 2. The molecule has 0 bridgehead atoms. The highest BCUT2D eigenvalue weighted by Crippen LogP contribution is 2.19. The Kier molecular flexibility index (Phi) is 5.70. The number of carbonyl (C=O) groups excluding carboxylic acids is 2. The first-order chi connectivity index (χ1) is 12.9. The summed E-state index contributed by atoms with van der Waals surface area (Å²) in [6.07, 6.45) is 0. The van der Waals surface area contributed by atoms with E-state index in [2.05, 4.69) is 25.9 Å². The van der Waals surface area contributed by atoms with Crippen LogP contribution in [0.5, 0.6) is 0 Å². The lowest BCUT2D eigenvalue weighted by Gasteiger charge is -2.07. The first kappa shape index (κ1) is 18.8. The molecule has 0 aliphatic heterocycles. The third-order valence-corrected chi connectivity index (χ3v) is 4.54. The van der Waals surface area contributed by atoms with E-state index in [9.17, 15) is 9.59 Å². The predicted molar refractivity (Wildman–Crippen MR) is 105 cm³/mol. The number of thioether (sulfide) groups is 1. The van der Waals surface area contributed by atoms with Gasteiger partial charge in [-0.3, -0.25) is 9.59 Å². The average molecular weight is 384 g/mol. The van der Waals surface area contributed by atoms with E-state index < -0.39 is 0 Å². The zero-order valence-corrected chi connectivity index (χ0v) is 16.1. The van der Waals surface area contributed by atoms with Crippen LogP contribution in [-0.2, 0) is 9.59 Å². The van der Waals surface area contributed by atoms with Gasteiger partial charge in [0.2, 0.25) is 11.8 Å². The zero-order valence-electron chi connectivity index (χ0n) is 15.3. The molecule has 2 heterocycles. The highest BCUT2D eigenvalue weighted by Gasteiger charge is 2.12. The van der Waals surface area contributed by atoms with Crippen LogP contribution >= 0.6 is 11.8 Å². The number of hydrogen-bond acceptors (Lipinski definition) is 6. The molecule has 0 radical (unpaired) electrons. The van der Waals surface area contributed by atoms with E-state index in [1.165, 1.54) is 18.7 Å². The molecule has 9 heteroatoms. The lowest BCUT2D eigenvalue weighted by Crippen LogP contribution is -2.14. The van der Waals surface area contributed by atoms with Gasteiger partial charge in [-0.2, -0.15) is 9.61 Å². The van der Waals surface area contributed by atoms with Gasteiger partial charge >= 0.3 is 0 Å². The number of amides is 2. The van der Waals surface area contributed by atoms with Crippen molar-refractivity contribution in [3.8, 4) is 0 Å². The van der Waals surface area contributed by atoms with Gasteiger partial charge in [-0.15, -0.1) is 10.2 Å². The van der Waals surface area contributed by atoms with Crippen molar-refractivity contribution in [2.45, 2.75) is 31.7 Å². The van der Waals surface area contributed by atoms with Crippen LogP contribution in [0.4, 0.5) is 11.4 Å². The Balaban J connectivity index is 1.59. The second-order valence-corrected chi connectivity index (χ2v) is 7.25. The fourth-order valence-electron chi connectivity index (χ4n) is 2.40. The molecule has 0 atom stereocenters. The second kappa shape index (κ2) is 8.17. The third kappa shape index (κ3) is 4.82. The number of anilines is 2. The standard InChI is InChI=1S/C18H20N6O2S/c1-11(2)18-22-21-15-8-9-17(23-24(15)18)27-10-16(26)20-14-6-4-13(5-7-14)19-12(3)25/h4-9,11H,10H2,1-3H3,(H,19,25)(H,20,26). The Morgan fingerprint density at radius 3 is 2.33 bits per heavy atom. The van der Waals surface area contributed by atoms with Crippen LogP contribution in [0.3, 0.4) is 0 Å². The number of nitrogens with zero attached hydrogens (tertiary/aromatic N) is 4. The lowest BCUT2D eigenvalue weighted by atomic mass is 10.2. The monoisotopic (exact) mass is 384 g/mol. The van der Waals surface area contributed by atoms with E-state index in [1.54, 1.807) is 28.8 Å². The molecule has 3 aromatic rings. The Morgan fingerprint density at radius 1 is 1.04 bits per heavy atom. The maximum atomic E-state index is 12.2. The Hall–Kier alpha value is -2.94. The minimum Gasteiger partial charge on any atom is -0.326 e. The van der Waals surface area contributed by atoms with Crippen molar-refractivity contribution in [3.63, 3.8) is 0 Å². The van der Waals surface area contributed by atoms with Crippen molar-refractivity contribution in [2.24, 2.45) is 0 Å². The van der Waals surface area contributed by atoms with Crippen molar-refractivity contribution in [1.82, 2.24) is 19.8 Å². The van der Waals surface area contributed by atoms with Gasteiger partial charge in [0.15, 0.2) is 11.5 Å². The Labute approximate surface area is 160 Å². The van der Waals surface area contributed by atoms with E-state index in [0.29, 0.717) is 17.0 Å². The molecule has 2 amide bonds. The smallest absolute Gasteiger partial charge is 0.234 e. The van der Waals surface area contributed by atoms with Crippen molar-refractivity contribution >= 4 is 40.6 Å². The van der Waals surface area contributed by atoms with Crippen LogP contribution in [0, 0.1) is 0 Å². The van der Waals surface area contributed by atoms with E-state index in [0.717, 1.165) is 10.9 Å². The highest BCUT2D eigenvalue weighted by atomic mass is 32.2. The Morgan fingerprint density at radius 2 is 1.70 bits per heavy atom. The molecule has 0 saturated heterocycles. The highest BCUT2D eigenvalue weighted by molar-refractivity contribution is 7.99. The van der Waals surface area contributed by atoms with Crippen molar-refractivity contribution in [3.05, 3.63) is 42.2 Å². The van der Waals surface area contributed by atoms with Crippen LogP contribution in [0.2, 0.25) is 0 Å². The van der Waals surface area contributed by atoms with E-state index in [4.69, 9.17) is 0 Å². The molecule has 140 valence electrons. The van der Waals surface area contributed by atoms with Gasteiger partial charge in [0, 0.05) is 24.2 Å². The topological polar surface area (TPSA) is 101 Å². The molecule has 0 unspecified atom stereocenters. The first-order valence-electron chi connectivity index (χ1n) is 8.45. The fraction of sp³-hybridized carbons (Fsp3) is 0.278. The first-order valence-corrected chi connectivity index (χ1v) is 9.43. The van der Waals surface area contributed by atoms with Crippen molar-refractivity contribution in [2.75, 3.05) is 16.4 Å². The number of fused-ring (bicyclic) bond motifs is 1. The summed E-state index contributed by atoms with van der Waals surface area (Å²) >= 11 is 1.34. The summed E-state index contributed by atoms with van der Waals surface area (Å²) < 4.78 is 1.71. The molecule has 0 spiro atoms. The number of rotatable bonds is 6. The van der Waals surface area contributed by atoms with Gasteiger partial charge in [0.25, 0.3) is 0 Å². The van der Waals surface area contributed by atoms with Crippen LogP contribution in [0.1, 0.15) is 32.5 Å². The summed E-state index contributed by atoms with van der Waals surface area (Å²) in [5.41, 5.74) is 2.04. The van der Waals surface area contributed by atoms with Gasteiger partial charge in [-0.05, 0) is 36.4 Å². The molecule has 0 saturated carbocycles. The van der Waals surface area contributed by atoms with Crippen LogP contribution in [0.15, 0.2) is 41.4 Å². The summed E-state index contributed by atoms with van der Waals surface area (Å²) in [5, 5.41) is 19.0. The summed E-state index contributed by atoms with van der Waals surface area (Å²) in [4.78, 5) is 23.2. The second-order valence-electron chi connectivity index (χ2n) is 6.25. The van der Waals surface area contributed by atoms with E-state index in [1.807, 2.05) is 26.0 Å². The van der Waals surface area contributed by atoms with Crippen LogP contribution in [-0.4, -0.2) is 37.4 Å². The number of carbonyl (C=O) groups is 2. The molecule has 3 rings (SSSR count). The maximum absolute atomic E-state index is 12.2. The summed E-state index contributed by atoms with van der Waals surface area (Å²) in [7, 11) is 0. The molecule has 8 nitrogen and oxygen atoms in total. The van der Waals surface area contributed by atoms with Gasteiger partial charge in [0.05, 0.1) is 5.75 Å². The zero-order chi connectivity index (χ0) is 19.4. The third-order valence-electron chi connectivity index (χ3n) is 3.62. The van der Waals surface area contributed by atoms with Crippen LogP contribution in [0.25, 0.3) is 5.65 Å². The molecule has 2 N–H and O–H groups in total. The number of benzene rings is 1. The van der Waals surface area contributed by atoms with Gasteiger partial charge in [0.1, 0.15) is 5.03 Å². The number of nitrogens with one attached hydrogen (secondary N) is 2. The van der Waals surface area contributed by atoms with E-state index >= 15 is 0 Å². The maximum Gasteiger partial charge on any atom is 0.234 e. The molecular formula is C18H20N6O2S. The molecular weight excluding hydrogens is 364 g/mol. The van der Waals surface area contributed by atoms with Gasteiger partial charge in [-0.1, -0.05) is 25.6 Å². The van der Waals surface area contributed by atoms with E-state index in [-0.39, 0.29) is 23.5 Å². The summed E-state index contributed by atoms with van der Waals surface area (Å²) in [6, 6.07) is 10.6. The molecule has 1 aromatic carbocycles. The molecule has 2 aromatic heterocycles. The largest absolute Gasteiger partial charge is 0.326 e. The lowest BCUT2D eigenvalue weighted by molar-refractivity contribution is -0.114. The molecule has 0 aliphatic carbocycles. The minimum atomic E-state index is -0.138. The quantitative estimate of drug-likeness (QED) is 0.634. The van der Waals surface area contributed by atoms with Gasteiger partial charge < -0.3 is 10.6 Å². The van der Waals surface area contributed by atoms with Gasteiger partial charge in [-0.25, -0.2) is 0 Å². The summed E-state index contributed by atoms with van der Waals surface area (Å²) in [5.74, 6) is 0.946. The molecule has 0 fully saturated rings. The SMILES string of the molecule is CC(=O)Nc1ccc(NC(=O)CSc2ccc3nnc(C(C)C)n3n2)cc1. The minimum absolute atomic E-state index is 0.137. The predicted octanol–water partition coefficient (Wildman–Crippen LogP) is 2.94. The van der Waals surface area contributed by atoms with Crippen molar-refractivity contribution in [1.29, 1.82) is 0 Å². The fourth-order valence-corrected chi connectivity index (χ4v) is 3.06. The Bertz CT molecular complexity index is 968. The molecule has 27 heavy (non-hydrogen) atoms. The normalized spacial score (nSPS) is 11.0. The van der Waals surface area contributed by atoms with Crippen LogP contribution < -0.4 is 10.6 Å². The number of aromatic nitrogens is 4. The van der Waals surface area contributed by atoms with Crippen molar-refractivity contribution < 1.29 is 9.59 Å². The average Bonchev–Trinajstić information content (AvgIpc) is 3.04.